The van der Waals surface area contributed by atoms with E-state index in [-0.39, 0.29) is 30.8 Å². The van der Waals surface area contributed by atoms with Crippen molar-refractivity contribution >= 4 is 11.8 Å². The summed E-state index contributed by atoms with van der Waals surface area (Å²) >= 11 is 0. The Morgan fingerprint density at radius 2 is 2.00 bits per heavy atom. The molecule has 1 aliphatic carbocycles. The maximum atomic E-state index is 13.8. The van der Waals surface area contributed by atoms with Crippen LogP contribution in [0.25, 0.3) is 0 Å². The fourth-order valence-electron chi connectivity index (χ4n) is 5.03. The standard InChI is InChI=1S/C22H32N8O3/c1-22(2,3)18(30-11-16(25-27-30)13-6-7-13)21(33)29-10-14(31)9-17(29)20(32)24-15-5-4-8-28-12-23-26-19(15)28/h11-15,17-18,31H,4-10H2,1-3H3,(H,24,32)/t14?,15?,17?,18-/m0/s1. The SMILES string of the molecule is CC(C)(C)[C@H](C(=O)N1CC(O)CC1C(=O)NC1CCCn2cnnc21)n1cc(C2CC2)nn1. The minimum Gasteiger partial charge on any atom is -0.391 e. The fourth-order valence-corrected chi connectivity index (χ4v) is 5.03. The van der Waals surface area contributed by atoms with Crippen LogP contribution < -0.4 is 5.32 Å². The van der Waals surface area contributed by atoms with Crippen LogP contribution in [0, 0.1) is 5.41 Å². The van der Waals surface area contributed by atoms with Crippen molar-refractivity contribution in [3.63, 3.8) is 0 Å². The first-order valence-electron chi connectivity index (χ1n) is 11.8. The number of amides is 2. The lowest BCUT2D eigenvalue weighted by atomic mass is 9.85. The Morgan fingerprint density at radius 3 is 2.73 bits per heavy atom. The molecule has 33 heavy (non-hydrogen) atoms. The molecule has 1 saturated heterocycles. The molecule has 3 aliphatic rings. The van der Waals surface area contributed by atoms with Crippen LogP contribution in [0.2, 0.25) is 0 Å². The maximum absolute atomic E-state index is 13.8. The molecule has 2 N–H and O–H groups in total. The second kappa shape index (κ2) is 8.19. The van der Waals surface area contributed by atoms with Crippen LogP contribution in [-0.4, -0.2) is 70.3 Å². The van der Waals surface area contributed by atoms with E-state index >= 15 is 0 Å². The predicted octanol–water partition coefficient (Wildman–Crippen LogP) is 0.947. The van der Waals surface area contributed by atoms with Gasteiger partial charge in [-0.15, -0.1) is 15.3 Å². The zero-order valence-electron chi connectivity index (χ0n) is 19.4. The Balaban J connectivity index is 1.36. The van der Waals surface area contributed by atoms with Gasteiger partial charge in [-0.2, -0.15) is 0 Å². The topological polar surface area (TPSA) is 131 Å². The number of aryl methyl sites for hydroxylation is 1. The van der Waals surface area contributed by atoms with Gasteiger partial charge in [-0.05, 0) is 31.1 Å². The van der Waals surface area contributed by atoms with E-state index in [4.69, 9.17) is 0 Å². The van der Waals surface area contributed by atoms with E-state index in [0.717, 1.165) is 43.7 Å². The zero-order chi connectivity index (χ0) is 23.3. The Labute approximate surface area is 192 Å². The molecule has 4 atom stereocenters. The second-order valence-electron chi connectivity index (χ2n) is 10.6. The van der Waals surface area contributed by atoms with Gasteiger partial charge < -0.3 is 19.9 Å². The summed E-state index contributed by atoms with van der Waals surface area (Å²) in [7, 11) is 0. The van der Waals surface area contributed by atoms with Gasteiger partial charge in [-0.25, -0.2) is 4.68 Å². The highest BCUT2D eigenvalue weighted by Gasteiger charge is 2.46. The molecule has 11 nitrogen and oxygen atoms in total. The number of nitrogens with one attached hydrogen (secondary N) is 1. The molecule has 2 amide bonds. The lowest BCUT2D eigenvalue weighted by Crippen LogP contribution is -2.51. The first kappa shape index (κ1) is 22.0. The van der Waals surface area contributed by atoms with Crippen LogP contribution >= 0.6 is 0 Å². The molecule has 0 spiro atoms. The molecule has 4 heterocycles. The smallest absolute Gasteiger partial charge is 0.248 e. The lowest BCUT2D eigenvalue weighted by molar-refractivity contribution is -0.144. The van der Waals surface area contributed by atoms with Crippen molar-refractivity contribution in [3.8, 4) is 0 Å². The van der Waals surface area contributed by atoms with Crippen molar-refractivity contribution in [1.82, 2.24) is 40.0 Å². The van der Waals surface area contributed by atoms with Gasteiger partial charge in [0.15, 0.2) is 5.82 Å². The molecule has 0 aromatic carbocycles. The number of likely N-dealkylation sites (tertiary alicyclic amines) is 1. The van der Waals surface area contributed by atoms with Crippen LogP contribution in [-0.2, 0) is 16.1 Å². The zero-order valence-corrected chi connectivity index (χ0v) is 19.4. The number of hydrogen-bond donors (Lipinski definition) is 2. The van der Waals surface area contributed by atoms with E-state index in [1.807, 2.05) is 31.5 Å². The van der Waals surface area contributed by atoms with E-state index in [1.165, 1.54) is 4.90 Å². The Morgan fingerprint density at radius 1 is 1.21 bits per heavy atom. The van der Waals surface area contributed by atoms with Gasteiger partial charge in [0.05, 0.1) is 17.8 Å². The Hall–Kier alpha value is -2.82. The highest BCUT2D eigenvalue weighted by Crippen LogP contribution is 2.40. The van der Waals surface area contributed by atoms with Crippen molar-refractivity contribution in [3.05, 3.63) is 24.0 Å². The average Bonchev–Trinajstić information content (AvgIpc) is 3.13. The summed E-state index contributed by atoms with van der Waals surface area (Å²) in [5, 5.41) is 30.1. The number of carbonyl (C=O) groups excluding carboxylic acids is 2. The number of fused-ring (bicyclic) bond motifs is 1. The van der Waals surface area contributed by atoms with Gasteiger partial charge in [-0.1, -0.05) is 26.0 Å². The van der Waals surface area contributed by atoms with Gasteiger partial charge >= 0.3 is 0 Å². The molecule has 0 radical (unpaired) electrons. The molecule has 2 aromatic rings. The van der Waals surface area contributed by atoms with E-state index in [1.54, 1.807) is 11.0 Å². The highest BCUT2D eigenvalue weighted by molar-refractivity contribution is 5.90. The number of aliphatic hydroxyl groups is 1. The molecule has 2 aromatic heterocycles. The van der Waals surface area contributed by atoms with E-state index < -0.39 is 23.6 Å². The third kappa shape index (κ3) is 4.25. The number of hydrogen-bond acceptors (Lipinski definition) is 7. The molecule has 2 fully saturated rings. The summed E-state index contributed by atoms with van der Waals surface area (Å²) in [6, 6.07) is -1.63. The van der Waals surface area contributed by atoms with Crippen molar-refractivity contribution < 1.29 is 14.7 Å². The molecule has 178 valence electrons. The largest absolute Gasteiger partial charge is 0.391 e. The third-order valence-electron chi connectivity index (χ3n) is 6.87. The number of aliphatic hydroxyl groups excluding tert-OH is 1. The summed E-state index contributed by atoms with van der Waals surface area (Å²) < 4.78 is 3.58. The first-order valence-corrected chi connectivity index (χ1v) is 11.8. The monoisotopic (exact) mass is 456 g/mol. The molecular formula is C22H32N8O3. The summed E-state index contributed by atoms with van der Waals surface area (Å²) in [5.74, 6) is 0.664. The predicted molar refractivity (Wildman–Crippen MR) is 117 cm³/mol. The van der Waals surface area contributed by atoms with Gasteiger partial charge in [-0.3, -0.25) is 9.59 Å². The molecule has 1 saturated carbocycles. The van der Waals surface area contributed by atoms with Crippen molar-refractivity contribution in [2.45, 2.75) is 89.6 Å². The fraction of sp³-hybridized carbons (Fsp3) is 0.727. The average molecular weight is 457 g/mol. The van der Waals surface area contributed by atoms with E-state index in [9.17, 15) is 14.7 Å². The quantitative estimate of drug-likeness (QED) is 0.685. The van der Waals surface area contributed by atoms with Gasteiger partial charge in [0.2, 0.25) is 11.8 Å². The minimum absolute atomic E-state index is 0.120. The van der Waals surface area contributed by atoms with Gasteiger partial charge in [0.1, 0.15) is 18.4 Å². The van der Waals surface area contributed by atoms with Crippen LogP contribution in [0.5, 0.6) is 0 Å². The molecular weight excluding hydrogens is 424 g/mol. The highest BCUT2D eigenvalue weighted by atomic mass is 16.3. The summed E-state index contributed by atoms with van der Waals surface area (Å²) in [4.78, 5) is 28.6. The van der Waals surface area contributed by atoms with Crippen LogP contribution in [0.15, 0.2) is 12.5 Å². The van der Waals surface area contributed by atoms with Crippen molar-refractivity contribution in [1.29, 1.82) is 0 Å². The Bertz CT molecular complexity index is 1040. The Kier molecular flexibility index (Phi) is 5.46. The lowest BCUT2D eigenvalue weighted by Gasteiger charge is -2.35. The number of nitrogens with zero attached hydrogens (tertiary/aromatic N) is 7. The number of carbonyl (C=O) groups is 2. The molecule has 5 rings (SSSR count). The van der Waals surface area contributed by atoms with E-state index in [0.29, 0.717) is 5.92 Å². The third-order valence-corrected chi connectivity index (χ3v) is 6.87. The summed E-state index contributed by atoms with van der Waals surface area (Å²) in [5.41, 5.74) is 0.453. The summed E-state index contributed by atoms with van der Waals surface area (Å²) in [6.45, 7) is 6.88. The van der Waals surface area contributed by atoms with Gasteiger partial charge in [0.25, 0.3) is 0 Å². The summed E-state index contributed by atoms with van der Waals surface area (Å²) in [6.07, 6.45) is 6.86. The maximum Gasteiger partial charge on any atom is 0.248 e. The number of β-amino-alcohol motifs (C(OH)–C–C–N with tert-alkyl or cyclic N) is 1. The van der Waals surface area contributed by atoms with Crippen LogP contribution in [0.1, 0.15) is 82.4 Å². The minimum atomic E-state index is -0.752. The molecule has 0 bridgehead atoms. The molecule has 11 heteroatoms. The van der Waals surface area contributed by atoms with E-state index in [2.05, 4.69) is 25.8 Å². The molecule has 3 unspecified atom stereocenters. The van der Waals surface area contributed by atoms with Crippen molar-refractivity contribution in [2.24, 2.45) is 5.41 Å². The second-order valence-corrected chi connectivity index (χ2v) is 10.6. The number of aromatic nitrogens is 6. The number of rotatable bonds is 5. The normalized spacial score (nSPS) is 26.2. The van der Waals surface area contributed by atoms with Crippen LogP contribution in [0.3, 0.4) is 0 Å². The first-order chi connectivity index (χ1) is 15.7. The van der Waals surface area contributed by atoms with Gasteiger partial charge in [0, 0.05) is 31.6 Å². The van der Waals surface area contributed by atoms with Crippen molar-refractivity contribution in [2.75, 3.05) is 6.54 Å². The van der Waals surface area contributed by atoms with Crippen LogP contribution in [0.4, 0.5) is 0 Å². The molecule has 2 aliphatic heterocycles.